The van der Waals surface area contributed by atoms with Gasteiger partial charge in [0.2, 0.25) is 0 Å². The molecule has 4 nitrogen and oxygen atoms in total. The number of aromatic carboxylic acids is 1. The van der Waals surface area contributed by atoms with Gasteiger partial charge in [-0.2, -0.15) is 0 Å². The molecule has 0 saturated heterocycles. The number of carbonyl (C=O) groups is 2. The standard InChI is InChI=1S/C28H46O4/c1-3-4-5-6-7-8-9-10-11-12-13-14-15-16-17-18-21-24(2)32-28(31)26-23-20-19-22-25(26)27(29)30/h19-20,22-24H,3-18,21H2,1-2H3,(H,29,30)/t24-/m1/s1. The molecule has 0 saturated carbocycles. The predicted octanol–water partition coefficient (Wildman–Crippen LogP) is 8.58. The first kappa shape index (κ1) is 28.2. The SMILES string of the molecule is CCCCCCCCCCCCCCCCCC[C@@H](C)OC(=O)c1ccccc1C(=O)O. The minimum absolute atomic E-state index is 0.00731. The number of hydrogen-bond acceptors (Lipinski definition) is 3. The first-order valence-corrected chi connectivity index (χ1v) is 13.1. The van der Waals surface area contributed by atoms with Crippen LogP contribution in [0.15, 0.2) is 24.3 Å². The normalized spacial score (nSPS) is 11.9. The zero-order chi connectivity index (χ0) is 23.4. The van der Waals surface area contributed by atoms with Crippen molar-refractivity contribution in [2.24, 2.45) is 0 Å². The van der Waals surface area contributed by atoms with Crippen LogP contribution in [0.3, 0.4) is 0 Å². The molecular weight excluding hydrogens is 400 g/mol. The lowest BCUT2D eigenvalue weighted by Crippen LogP contribution is -2.17. The van der Waals surface area contributed by atoms with Crippen molar-refractivity contribution in [3.05, 3.63) is 35.4 Å². The molecule has 1 rings (SSSR count). The molecule has 0 aliphatic carbocycles. The van der Waals surface area contributed by atoms with Crippen LogP contribution in [-0.4, -0.2) is 23.1 Å². The number of hydrogen-bond donors (Lipinski definition) is 1. The molecule has 0 spiro atoms. The molecule has 0 unspecified atom stereocenters. The lowest BCUT2D eigenvalue weighted by molar-refractivity contribution is 0.0313. The highest BCUT2D eigenvalue weighted by atomic mass is 16.5. The summed E-state index contributed by atoms with van der Waals surface area (Å²) in [5.74, 6) is -1.66. The largest absolute Gasteiger partial charge is 0.478 e. The van der Waals surface area contributed by atoms with E-state index in [4.69, 9.17) is 4.74 Å². The lowest BCUT2D eigenvalue weighted by Gasteiger charge is -2.14. The zero-order valence-electron chi connectivity index (χ0n) is 20.6. The quantitative estimate of drug-likeness (QED) is 0.161. The summed E-state index contributed by atoms with van der Waals surface area (Å²) in [5, 5.41) is 9.20. The Bertz CT molecular complexity index is 626. The number of carboxylic acid groups (broad SMARTS) is 1. The summed E-state index contributed by atoms with van der Waals surface area (Å²) in [6, 6.07) is 6.20. The summed E-state index contributed by atoms with van der Waals surface area (Å²) in [6.07, 6.45) is 22.0. The van der Waals surface area contributed by atoms with Gasteiger partial charge in [-0.1, -0.05) is 115 Å². The highest BCUT2D eigenvalue weighted by molar-refractivity contribution is 6.02. The Morgan fingerprint density at radius 3 is 1.56 bits per heavy atom. The molecule has 0 aliphatic rings. The molecule has 1 N–H and O–H groups in total. The van der Waals surface area contributed by atoms with Crippen LogP contribution in [0.2, 0.25) is 0 Å². The number of esters is 1. The van der Waals surface area contributed by atoms with E-state index in [1.807, 2.05) is 6.92 Å². The Kier molecular flexibility index (Phi) is 16.5. The number of ether oxygens (including phenoxy) is 1. The van der Waals surface area contributed by atoms with Gasteiger partial charge < -0.3 is 9.84 Å². The van der Waals surface area contributed by atoms with Crippen LogP contribution >= 0.6 is 0 Å². The van der Waals surface area contributed by atoms with E-state index < -0.39 is 11.9 Å². The molecule has 0 aliphatic heterocycles. The molecule has 182 valence electrons. The third-order valence-electron chi connectivity index (χ3n) is 6.15. The van der Waals surface area contributed by atoms with E-state index >= 15 is 0 Å². The number of carboxylic acids is 1. The molecule has 0 heterocycles. The van der Waals surface area contributed by atoms with Crippen molar-refractivity contribution in [2.75, 3.05) is 0 Å². The fourth-order valence-electron chi connectivity index (χ4n) is 4.13. The molecular formula is C28H46O4. The Labute approximate surface area is 196 Å². The third kappa shape index (κ3) is 13.5. The average molecular weight is 447 g/mol. The van der Waals surface area contributed by atoms with Crippen molar-refractivity contribution in [1.82, 2.24) is 0 Å². The highest BCUT2D eigenvalue weighted by Gasteiger charge is 2.18. The molecule has 1 atom stereocenters. The summed E-state index contributed by atoms with van der Waals surface area (Å²) >= 11 is 0. The summed E-state index contributed by atoms with van der Waals surface area (Å²) in [6.45, 7) is 4.15. The fraction of sp³-hybridized carbons (Fsp3) is 0.714. The second-order valence-electron chi connectivity index (χ2n) is 9.16. The Balaban J connectivity index is 1.95. The Morgan fingerprint density at radius 1 is 0.719 bits per heavy atom. The van der Waals surface area contributed by atoms with Gasteiger partial charge in [0, 0.05) is 0 Å². The van der Waals surface area contributed by atoms with Gasteiger partial charge in [-0.3, -0.25) is 0 Å². The number of unbranched alkanes of at least 4 members (excludes halogenated alkanes) is 15. The molecule has 0 radical (unpaired) electrons. The van der Waals surface area contributed by atoms with E-state index in [2.05, 4.69) is 6.92 Å². The van der Waals surface area contributed by atoms with Crippen LogP contribution in [0.5, 0.6) is 0 Å². The van der Waals surface area contributed by atoms with Crippen molar-refractivity contribution in [2.45, 2.75) is 129 Å². The van der Waals surface area contributed by atoms with Crippen molar-refractivity contribution < 1.29 is 19.4 Å². The van der Waals surface area contributed by atoms with Gasteiger partial charge >= 0.3 is 11.9 Å². The number of carbonyl (C=O) groups excluding carboxylic acids is 1. The van der Waals surface area contributed by atoms with Crippen LogP contribution < -0.4 is 0 Å². The smallest absolute Gasteiger partial charge is 0.339 e. The monoisotopic (exact) mass is 446 g/mol. The molecule has 1 aromatic carbocycles. The van der Waals surface area contributed by atoms with E-state index in [0.717, 1.165) is 19.3 Å². The topological polar surface area (TPSA) is 63.6 Å². The van der Waals surface area contributed by atoms with Crippen LogP contribution in [0.1, 0.15) is 144 Å². The maximum atomic E-state index is 12.3. The second kappa shape index (κ2) is 18.7. The summed E-state index contributed by atoms with van der Waals surface area (Å²) in [4.78, 5) is 23.5. The van der Waals surface area contributed by atoms with Gasteiger partial charge in [0.25, 0.3) is 0 Å². The van der Waals surface area contributed by atoms with E-state index in [1.54, 1.807) is 12.1 Å². The van der Waals surface area contributed by atoms with E-state index in [0.29, 0.717) is 0 Å². The van der Waals surface area contributed by atoms with Crippen LogP contribution in [0, 0.1) is 0 Å². The molecule has 4 heteroatoms. The highest BCUT2D eigenvalue weighted by Crippen LogP contribution is 2.16. The van der Waals surface area contributed by atoms with Crippen molar-refractivity contribution in [3.8, 4) is 0 Å². The minimum atomic E-state index is -1.11. The van der Waals surface area contributed by atoms with Gasteiger partial charge in [0.15, 0.2) is 0 Å². The van der Waals surface area contributed by atoms with Gasteiger partial charge in [-0.15, -0.1) is 0 Å². The van der Waals surface area contributed by atoms with Crippen molar-refractivity contribution in [3.63, 3.8) is 0 Å². The third-order valence-corrected chi connectivity index (χ3v) is 6.15. The van der Waals surface area contributed by atoms with Crippen LogP contribution in [0.25, 0.3) is 0 Å². The van der Waals surface area contributed by atoms with Crippen LogP contribution in [0.4, 0.5) is 0 Å². The molecule has 0 bridgehead atoms. The minimum Gasteiger partial charge on any atom is -0.478 e. The molecule has 0 fully saturated rings. The first-order chi connectivity index (χ1) is 15.6. The van der Waals surface area contributed by atoms with Gasteiger partial charge in [-0.05, 0) is 31.9 Å². The lowest BCUT2D eigenvalue weighted by atomic mass is 10.0. The predicted molar refractivity (Wildman–Crippen MR) is 132 cm³/mol. The first-order valence-electron chi connectivity index (χ1n) is 13.1. The molecule has 1 aromatic rings. The van der Waals surface area contributed by atoms with E-state index in [-0.39, 0.29) is 17.2 Å². The Hall–Kier alpha value is -1.84. The van der Waals surface area contributed by atoms with E-state index in [9.17, 15) is 14.7 Å². The zero-order valence-corrected chi connectivity index (χ0v) is 20.6. The van der Waals surface area contributed by atoms with Crippen LogP contribution in [-0.2, 0) is 4.74 Å². The molecule has 32 heavy (non-hydrogen) atoms. The maximum absolute atomic E-state index is 12.3. The number of benzene rings is 1. The number of rotatable bonds is 20. The van der Waals surface area contributed by atoms with Crippen molar-refractivity contribution >= 4 is 11.9 Å². The Morgan fingerprint density at radius 2 is 1.12 bits per heavy atom. The fourth-order valence-corrected chi connectivity index (χ4v) is 4.13. The summed E-state index contributed by atoms with van der Waals surface area (Å²) in [7, 11) is 0. The van der Waals surface area contributed by atoms with Gasteiger partial charge in [-0.25, -0.2) is 9.59 Å². The van der Waals surface area contributed by atoms with Gasteiger partial charge in [0.1, 0.15) is 0 Å². The maximum Gasteiger partial charge on any atom is 0.339 e. The summed E-state index contributed by atoms with van der Waals surface area (Å²) < 4.78 is 5.45. The molecule has 0 aromatic heterocycles. The summed E-state index contributed by atoms with van der Waals surface area (Å²) in [5.41, 5.74) is 0.117. The molecule has 0 amide bonds. The van der Waals surface area contributed by atoms with E-state index in [1.165, 1.54) is 102 Å². The second-order valence-corrected chi connectivity index (χ2v) is 9.16. The van der Waals surface area contributed by atoms with Gasteiger partial charge in [0.05, 0.1) is 17.2 Å². The van der Waals surface area contributed by atoms with Crippen molar-refractivity contribution in [1.29, 1.82) is 0 Å². The average Bonchev–Trinajstić information content (AvgIpc) is 2.78.